The van der Waals surface area contributed by atoms with E-state index in [1.54, 1.807) is 32.7 Å². The minimum absolute atomic E-state index is 0.729. The van der Waals surface area contributed by atoms with Crippen molar-refractivity contribution >= 4 is 0 Å². The van der Waals surface area contributed by atoms with Crippen LogP contribution in [-0.2, 0) is 0 Å². The number of rotatable bonds is 3. The molecule has 0 aliphatic rings. The van der Waals surface area contributed by atoms with E-state index in [0.29, 0.717) is 0 Å². The molecule has 0 aliphatic heterocycles. The van der Waals surface area contributed by atoms with Crippen molar-refractivity contribution in [3.05, 3.63) is 42.7 Å². The second-order valence-corrected chi connectivity index (χ2v) is 3.24. The zero-order chi connectivity index (χ0) is 11.4. The van der Waals surface area contributed by atoms with Crippen LogP contribution in [0.5, 0.6) is 11.5 Å². The van der Waals surface area contributed by atoms with Crippen LogP contribution in [0.2, 0.25) is 0 Å². The summed E-state index contributed by atoms with van der Waals surface area (Å²) in [6, 6.07) is 10.5. The molecule has 2 rings (SSSR count). The fraction of sp³-hybridized carbons (Fsp3) is 0.154. The van der Waals surface area contributed by atoms with Gasteiger partial charge in [-0.25, -0.2) is 0 Å². The van der Waals surface area contributed by atoms with Crippen LogP contribution in [0.1, 0.15) is 0 Å². The highest BCUT2D eigenvalue weighted by Crippen LogP contribution is 2.30. The maximum Gasteiger partial charge on any atom is 0.137 e. The number of nitrogens with zero attached hydrogens (tertiary/aromatic N) is 1. The molecule has 1 aromatic heterocycles. The normalized spacial score (nSPS) is 9.88. The Morgan fingerprint density at radius 1 is 1.19 bits per heavy atom. The van der Waals surface area contributed by atoms with Crippen molar-refractivity contribution in [2.24, 2.45) is 0 Å². The van der Waals surface area contributed by atoms with Crippen LogP contribution >= 0.6 is 0 Å². The molecule has 81 valence electrons. The average Bonchev–Trinajstić information content (AvgIpc) is 2.38. The van der Waals surface area contributed by atoms with Gasteiger partial charge in [0.1, 0.15) is 11.5 Å². The maximum atomic E-state index is 5.27. The molecule has 0 spiro atoms. The van der Waals surface area contributed by atoms with Crippen LogP contribution < -0.4 is 9.47 Å². The molecule has 0 fully saturated rings. The minimum Gasteiger partial charge on any atom is -0.496 e. The van der Waals surface area contributed by atoms with Gasteiger partial charge >= 0.3 is 0 Å². The van der Waals surface area contributed by atoms with Gasteiger partial charge in [-0.05, 0) is 24.3 Å². The first kappa shape index (κ1) is 10.5. The lowest BCUT2D eigenvalue weighted by Crippen LogP contribution is -1.89. The summed E-state index contributed by atoms with van der Waals surface area (Å²) in [6.07, 6.45) is 3.45. The lowest BCUT2D eigenvalue weighted by Gasteiger charge is -2.08. The zero-order valence-electron chi connectivity index (χ0n) is 9.23. The number of benzene rings is 1. The van der Waals surface area contributed by atoms with Crippen molar-refractivity contribution in [1.82, 2.24) is 4.98 Å². The van der Waals surface area contributed by atoms with Gasteiger partial charge in [-0.1, -0.05) is 6.07 Å². The molecule has 0 saturated carbocycles. The summed E-state index contributed by atoms with van der Waals surface area (Å²) in [5, 5.41) is 0. The highest BCUT2D eigenvalue weighted by molar-refractivity contribution is 5.70. The SMILES string of the molecule is COc1cncc(-c2cc[c]cc2OC)c1. The molecule has 0 amide bonds. The van der Waals surface area contributed by atoms with Crippen LogP contribution in [0.25, 0.3) is 11.1 Å². The third-order valence-electron chi connectivity index (χ3n) is 2.31. The Labute approximate surface area is 94.7 Å². The first-order valence-corrected chi connectivity index (χ1v) is 4.88. The predicted octanol–water partition coefficient (Wildman–Crippen LogP) is 2.57. The van der Waals surface area contributed by atoms with Gasteiger partial charge in [-0.15, -0.1) is 0 Å². The third kappa shape index (κ3) is 1.98. The van der Waals surface area contributed by atoms with E-state index in [0.717, 1.165) is 22.6 Å². The Kier molecular flexibility index (Phi) is 3.05. The van der Waals surface area contributed by atoms with Crippen molar-refractivity contribution in [2.45, 2.75) is 0 Å². The Morgan fingerprint density at radius 3 is 2.81 bits per heavy atom. The largest absolute Gasteiger partial charge is 0.496 e. The van der Waals surface area contributed by atoms with E-state index >= 15 is 0 Å². The molecule has 0 unspecified atom stereocenters. The van der Waals surface area contributed by atoms with E-state index < -0.39 is 0 Å². The summed E-state index contributed by atoms with van der Waals surface area (Å²) in [4.78, 5) is 4.12. The lowest BCUT2D eigenvalue weighted by molar-refractivity contribution is 0.412. The van der Waals surface area contributed by atoms with Gasteiger partial charge in [0.05, 0.1) is 20.4 Å². The number of pyridine rings is 1. The van der Waals surface area contributed by atoms with Gasteiger partial charge in [-0.2, -0.15) is 0 Å². The van der Waals surface area contributed by atoms with Crippen LogP contribution in [0.4, 0.5) is 0 Å². The summed E-state index contributed by atoms with van der Waals surface area (Å²) >= 11 is 0. The Hall–Kier alpha value is -2.03. The third-order valence-corrected chi connectivity index (χ3v) is 2.31. The summed E-state index contributed by atoms with van der Waals surface area (Å²) < 4.78 is 10.4. The molecule has 3 heteroatoms. The monoisotopic (exact) mass is 214 g/mol. The number of methoxy groups -OCH3 is 2. The second-order valence-electron chi connectivity index (χ2n) is 3.24. The number of hydrogen-bond acceptors (Lipinski definition) is 3. The van der Waals surface area contributed by atoms with Gasteiger partial charge in [-0.3, -0.25) is 4.98 Å². The Balaban J connectivity index is 2.49. The lowest BCUT2D eigenvalue weighted by atomic mass is 10.1. The molecule has 0 saturated heterocycles. The number of aromatic nitrogens is 1. The summed E-state index contributed by atoms with van der Waals surface area (Å²) in [5.74, 6) is 1.50. The first-order chi connectivity index (χ1) is 7.85. The van der Waals surface area contributed by atoms with E-state index in [-0.39, 0.29) is 0 Å². The van der Waals surface area contributed by atoms with Crippen LogP contribution in [-0.4, -0.2) is 19.2 Å². The van der Waals surface area contributed by atoms with E-state index in [9.17, 15) is 0 Å². The van der Waals surface area contributed by atoms with Gasteiger partial charge in [0.25, 0.3) is 0 Å². The van der Waals surface area contributed by atoms with Crippen molar-refractivity contribution < 1.29 is 9.47 Å². The zero-order valence-corrected chi connectivity index (χ0v) is 9.23. The molecule has 0 N–H and O–H groups in total. The highest BCUT2D eigenvalue weighted by atomic mass is 16.5. The summed E-state index contributed by atoms with van der Waals surface area (Å²) in [6.45, 7) is 0. The predicted molar refractivity (Wildman–Crippen MR) is 61.6 cm³/mol. The van der Waals surface area contributed by atoms with E-state index in [2.05, 4.69) is 11.1 Å². The van der Waals surface area contributed by atoms with Crippen LogP contribution in [0, 0.1) is 6.07 Å². The van der Waals surface area contributed by atoms with E-state index in [4.69, 9.17) is 9.47 Å². The fourth-order valence-corrected chi connectivity index (χ4v) is 1.50. The average molecular weight is 214 g/mol. The molecule has 0 atom stereocenters. The minimum atomic E-state index is 0.729. The van der Waals surface area contributed by atoms with Crippen LogP contribution in [0.15, 0.2) is 36.7 Å². The van der Waals surface area contributed by atoms with Crippen molar-refractivity contribution in [3.63, 3.8) is 0 Å². The maximum absolute atomic E-state index is 5.27. The molecule has 0 bridgehead atoms. The van der Waals surface area contributed by atoms with Crippen molar-refractivity contribution in [3.8, 4) is 22.6 Å². The molecule has 2 aromatic rings. The fourth-order valence-electron chi connectivity index (χ4n) is 1.50. The molecular weight excluding hydrogens is 202 g/mol. The van der Waals surface area contributed by atoms with Gasteiger partial charge in [0.15, 0.2) is 0 Å². The quantitative estimate of drug-likeness (QED) is 0.786. The van der Waals surface area contributed by atoms with Crippen LogP contribution in [0.3, 0.4) is 0 Å². The smallest absolute Gasteiger partial charge is 0.137 e. The van der Waals surface area contributed by atoms with Crippen molar-refractivity contribution in [1.29, 1.82) is 0 Å². The molecule has 0 aliphatic carbocycles. The Morgan fingerprint density at radius 2 is 2.06 bits per heavy atom. The molecular formula is C13H12NO2. The molecule has 1 radical (unpaired) electrons. The van der Waals surface area contributed by atoms with Gasteiger partial charge < -0.3 is 9.47 Å². The summed E-state index contributed by atoms with van der Waals surface area (Å²) in [7, 11) is 3.26. The standard InChI is InChI=1S/C13H12NO2/c1-15-11-7-10(8-14-9-11)12-5-3-4-6-13(12)16-2/h3,5-9H,1-2H3. The van der Waals surface area contributed by atoms with Gasteiger partial charge in [0.2, 0.25) is 0 Å². The number of hydrogen-bond donors (Lipinski definition) is 0. The topological polar surface area (TPSA) is 31.4 Å². The first-order valence-electron chi connectivity index (χ1n) is 4.88. The second kappa shape index (κ2) is 4.66. The Bertz CT molecular complexity index is 483. The summed E-state index contributed by atoms with van der Waals surface area (Å²) in [5.41, 5.74) is 1.94. The number of ether oxygens (including phenoxy) is 2. The van der Waals surface area contributed by atoms with Gasteiger partial charge in [0, 0.05) is 17.3 Å². The highest BCUT2D eigenvalue weighted by Gasteiger charge is 2.05. The van der Waals surface area contributed by atoms with E-state index in [1.165, 1.54) is 0 Å². The molecule has 16 heavy (non-hydrogen) atoms. The molecule has 1 heterocycles. The molecule has 1 aromatic carbocycles. The molecule has 3 nitrogen and oxygen atoms in total. The van der Waals surface area contributed by atoms with Crippen molar-refractivity contribution in [2.75, 3.05) is 14.2 Å². The van der Waals surface area contributed by atoms with E-state index in [1.807, 2.05) is 18.2 Å².